The predicted molar refractivity (Wildman–Crippen MR) is 135 cm³/mol. The summed E-state index contributed by atoms with van der Waals surface area (Å²) in [6.07, 6.45) is 6.80. The van der Waals surface area contributed by atoms with Gasteiger partial charge in [-0.1, -0.05) is 31.4 Å². The summed E-state index contributed by atoms with van der Waals surface area (Å²) in [6.45, 7) is 0.991. The van der Waals surface area contributed by atoms with Crippen molar-refractivity contribution in [2.24, 2.45) is 11.8 Å². The Bertz CT molecular complexity index is 949. The number of hydrogen-bond acceptors (Lipinski definition) is 9. The molecule has 4 rings (SSSR count). The quantitative estimate of drug-likeness (QED) is 0.209. The second kappa shape index (κ2) is 12.6. The number of hydrogen-bond donors (Lipinski definition) is 3. The van der Waals surface area contributed by atoms with Gasteiger partial charge in [-0.25, -0.2) is 15.1 Å². The molecule has 0 amide bonds. The van der Waals surface area contributed by atoms with Crippen molar-refractivity contribution in [1.82, 2.24) is 15.6 Å². The van der Waals surface area contributed by atoms with E-state index in [1.807, 2.05) is 38.4 Å². The van der Waals surface area contributed by atoms with Crippen LogP contribution < -0.4 is 21.6 Å². The summed E-state index contributed by atoms with van der Waals surface area (Å²) in [5.74, 6) is 7.39. The van der Waals surface area contributed by atoms with Gasteiger partial charge in [-0.2, -0.15) is 4.98 Å². The highest BCUT2D eigenvalue weighted by molar-refractivity contribution is 9.11. The molecule has 1 saturated carbocycles. The third kappa shape index (κ3) is 7.58. The molecule has 3 aromatic rings. The van der Waals surface area contributed by atoms with Gasteiger partial charge >= 0.3 is 0 Å². The lowest BCUT2D eigenvalue weighted by molar-refractivity contribution is 0.243. The third-order valence-corrected chi connectivity index (χ3v) is 7.35. The Hall–Kier alpha value is -1.43. The number of benzene rings is 1. The summed E-state index contributed by atoms with van der Waals surface area (Å²) in [4.78, 5) is 11.4. The first kappa shape index (κ1) is 24.2. The minimum atomic E-state index is 0.753. The second-order valence-corrected chi connectivity index (χ2v) is 11.0. The maximum atomic E-state index is 4.88. The lowest BCUT2D eigenvalue weighted by atomic mass is 9.89. The number of nitrogens with one attached hydrogen (secondary N) is 2. The normalized spacial score (nSPS) is 14.2. The van der Waals surface area contributed by atoms with E-state index < -0.39 is 0 Å². The topological polar surface area (TPSA) is 88.3 Å². The van der Waals surface area contributed by atoms with Crippen LogP contribution in [0.5, 0.6) is 0 Å². The standard InChI is InChI=1S/C17H24N4.C4H5BrN2OS2/c1-21(2)16-14-10-6-7-11-15(14)19-17(20-16)18-12-13-8-4-3-5-9-13;5-3-1-2-4(9-3)10-8-7-6/h6-7,10-11,13H,3-5,8-9,12H2,1-2H3,(H,18,19,20);1-2,7H,6H2. The van der Waals surface area contributed by atoms with E-state index in [4.69, 9.17) is 5.84 Å². The van der Waals surface area contributed by atoms with Crippen LogP contribution in [-0.4, -0.2) is 30.6 Å². The number of halogens is 1. The first-order chi connectivity index (χ1) is 15.1. The summed E-state index contributed by atoms with van der Waals surface area (Å²) in [5.41, 5.74) is 3.08. The Kier molecular flexibility index (Phi) is 9.82. The first-order valence-corrected chi connectivity index (χ1v) is 12.6. The predicted octanol–water partition coefficient (Wildman–Crippen LogP) is 5.60. The highest BCUT2D eigenvalue weighted by atomic mass is 79.9. The number of thiophene rings is 1. The molecular formula is C21H29BrN6OS2. The largest absolute Gasteiger partial charge is 0.362 e. The molecule has 4 N–H and O–H groups in total. The van der Waals surface area contributed by atoms with Crippen LogP contribution in [0, 0.1) is 5.92 Å². The molecule has 1 aliphatic carbocycles. The maximum Gasteiger partial charge on any atom is 0.225 e. The average Bonchev–Trinajstić information content (AvgIpc) is 3.21. The Morgan fingerprint density at radius 2 is 1.94 bits per heavy atom. The van der Waals surface area contributed by atoms with E-state index in [0.717, 1.165) is 43.1 Å². The number of aromatic nitrogens is 2. The monoisotopic (exact) mass is 524 g/mol. The van der Waals surface area contributed by atoms with Crippen molar-refractivity contribution in [2.45, 2.75) is 36.3 Å². The number of fused-ring (bicyclic) bond motifs is 1. The van der Waals surface area contributed by atoms with Crippen LogP contribution in [-0.2, 0) is 4.28 Å². The van der Waals surface area contributed by atoms with Crippen LogP contribution in [0.1, 0.15) is 32.1 Å². The number of hydrazine groups is 1. The van der Waals surface area contributed by atoms with Crippen molar-refractivity contribution < 1.29 is 4.28 Å². The summed E-state index contributed by atoms with van der Waals surface area (Å²) < 4.78 is 6.79. The van der Waals surface area contributed by atoms with E-state index in [2.05, 4.69) is 58.1 Å². The van der Waals surface area contributed by atoms with Gasteiger partial charge < -0.3 is 10.2 Å². The molecule has 168 valence electrons. The van der Waals surface area contributed by atoms with Crippen LogP contribution in [0.2, 0.25) is 0 Å². The zero-order valence-electron chi connectivity index (χ0n) is 17.8. The van der Waals surface area contributed by atoms with Crippen LogP contribution in [0.15, 0.2) is 44.4 Å². The van der Waals surface area contributed by atoms with E-state index in [-0.39, 0.29) is 0 Å². The molecule has 0 aliphatic heterocycles. The SMILES string of the molecule is CN(C)c1nc(NCC2CCCCC2)nc2ccccc12.NNOSc1ccc(Br)s1. The van der Waals surface area contributed by atoms with Gasteiger partial charge in [-0.05, 0) is 59.0 Å². The Morgan fingerprint density at radius 1 is 1.16 bits per heavy atom. The van der Waals surface area contributed by atoms with Gasteiger partial charge in [0.1, 0.15) is 5.82 Å². The molecule has 0 saturated heterocycles. The molecular weight excluding hydrogens is 496 g/mol. The van der Waals surface area contributed by atoms with E-state index in [1.54, 1.807) is 11.3 Å². The average molecular weight is 526 g/mol. The Balaban J connectivity index is 0.000000229. The molecule has 0 bridgehead atoms. The third-order valence-electron chi connectivity index (χ3n) is 5.00. The number of para-hydroxylation sites is 1. The minimum absolute atomic E-state index is 0.753. The van der Waals surface area contributed by atoms with Crippen molar-refractivity contribution in [3.05, 3.63) is 40.2 Å². The van der Waals surface area contributed by atoms with Crippen molar-refractivity contribution in [3.63, 3.8) is 0 Å². The van der Waals surface area contributed by atoms with Crippen molar-refractivity contribution in [3.8, 4) is 0 Å². The number of anilines is 2. The van der Waals surface area contributed by atoms with Crippen molar-refractivity contribution in [1.29, 1.82) is 0 Å². The van der Waals surface area contributed by atoms with Gasteiger partial charge in [-0.15, -0.1) is 16.9 Å². The molecule has 1 aliphatic rings. The maximum absolute atomic E-state index is 4.88. The first-order valence-electron chi connectivity index (χ1n) is 10.3. The van der Waals surface area contributed by atoms with Gasteiger partial charge in [0.25, 0.3) is 0 Å². The summed E-state index contributed by atoms with van der Waals surface area (Å²) in [7, 11) is 4.05. The van der Waals surface area contributed by atoms with Gasteiger partial charge in [0.05, 0.1) is 25.6 Å². The molecule has 10 heteroatoms. The fraction of sp³-hybridized carbons (Fsp3) is 0.429. The lowest BCUT2D eigenvalue weighted by Gasteiger charge is -2.22. The Labute approximate surface area is 200 Å². The summed E-state index contributed by atoms with van der Waals surface area (Å²) in [6, 6.07) is 12.1. The van der Waals surface area contributed by atoms with Crippen LogP contribution in [0.4, 0.5) is 11.8 Å². The minimum Gasteiger partial charge on any atom is -0.362 e. The number of nitrogens with two attached hydrogens (primary N) is 1. The van der Waals surface area contributed by atoms with Crippen LogP contribution >= 0.6 is 39.3 Å². The van der Waals surface area contributed by atoms with Gasteiger partial charge in [-0.3, -0.25) is 0 Å². The lowest BCUT2D eigenvalue weighted by Crippen LogP contribution is -2.19. The molecule has 1 fully saturated rings. The molecule has 1 aromatic carbocycles. The number of nitrogens with zero attached hydrogens (tertiary/aromatic N) is 3. The van der Waals surface area contributed by atoms with E-state index in [0.29, 0.717) is 0 Å². The molecule has 0 atom stereocenters. The smallest absolute Gasteiger partial charge is 0.225 e. The van der Waals surface area contributed by atoms with E-state index in [9.17, 15) is 0 Å². The van der Waals surface area contributed by atoms with Crippen LogP contribution in [0.25, 0.3) is 10.9 Å². The van der Waals surface area contributed by atoms with Gasteiger partial charge in [0.2, 0.25) is 5.95 Å². The molecule has 31 heavy (non-hydrogen) atoms. The fourth-order valence-electron chi connectivity index (χ4n) is 3.51. The zero-order valence-corrected chi connectivity index (χ0v) is 21.0. The summed E-state index contributed by atoms with van der Waals surface area (Å²) >= 11 is 6.10. The van der Waals surface area contributed by atoms with Gasteiger partial charge in [0, 0.05) is 26.0 Å². The zero-order chi connectivity index (χ0) is 22.1. The molecule has 0 spiro atoms. The number of rotatable bonds is 7. The van der Waals surface area contributed by atoms with E-state index in [1.165, 1.54) is 44.1 Å². The molecule has 2 heterocycles. The highest BCUT2D eigenvalue weighted by Gasteiger charge is 2.14. The molecule has 7 nitrogen and oxygen atoms in total. The van der Waals surface area contributed by atoms with Crippen molar-refractivity contribution in [2.75, 3.05) is 30.9 Å². The van der Waals surface area contributed by atoms with Crippen LogP contribution in [0.3, 0.4) is 0 Å². The van der Waals surface area contributed by atoms with Crippen molar-refractivity contribution >= 4 is 62.0 Å². The Morgan fingerprint density at radius 3 is 2.61 bits per heavy atom. The highest BCUT2D eigenvalue weighted by Crippen LogP contribution is 2.30. The van der Waals surface area contributed by atoms with Gasteiger partial charge in [0.15, 0.2) is 0 Å². The molecule has 0 unspecified atom stereocenters. The fourth-order valence-corrected chi connectivity index (χ4v) is 5.72. The molecule has 2 aromatic heterocycles. The summed E-state index contributed by atoms with van der Waals surface area (Å²) in [5, 5.41) is 4.56. The van der Waals surface area contributed by atoms with E-state index >= 15 is 0 Å². The molecule has 0 radical (unpaired) electrons. The second-order valence-electron chi connectivity index (χ2n) is 7.51.